The topological polar surface area (TPSA) is 84.9 Å². The number of piperidine rings is 1. The second-order valence-electron chi connectivity index (χ2n) is 10.0. The van der Waals surface area contributed by atoms with Crippen LogP contribution in [0.25, 0.3) is 11.3 Å². The minimum absolute atomic E-state index is 0.0210. The molecule has 1 spiro atoms. The lowest BCUT2D eigenvalue weighted by Crippen LogP contribution is -2.43. The van der Waals surface area contributed by atoms with Gasteiger partial charge in [-0.25, -0.2) is 14.8 Å². The lowest BCUT2D eigenvalue weighted by atomic mass is 9.75. The van der Waals surface area contributed by atoms with Crippen molar-refractivity contribution in [3.63, 3.8) is 0 Å². The summed E-state index contributed by atoms with van der Waals surface area (Å²) in [6.45, 7) is 4.00. The average Bonchev–Trinajstić information content (AvgIpc) is 3.18. The zero-order valence-corrected chi connectivity index (χ0v) is 20.7. The predicted molar refractivity (Wildman–Crippen MR) is 131 cm³/mol. The van der Waals surface area contributed by atoms with E-state index >= 15 is 0 Å². The maximum Gasteiger partial charge on any atom is 0.358 e. The second kappa shape index (κ2) is 9.93. The molecular formula is C27H34N4O4. The molecule has 35 heavy (non-hydrogen) atoms. The fraction of sp³-hybridized carbons (Fsp3) is 0.556. The summed E-state index contributed by atoms with van der Waals surface area (Å²) in [5.41, 5.74) is 2.04. The SMILES string of the molecule is COc1ccc(-c2ccc3c(n2)C(=O)OC32CCC(C(=O)N(C)CCN3CCCCC3)CC2)cn1. The van der Waals surface area contributed by atoms with Crippen molar-refractivity contribution in [1.29, 1.82) is 0 Å². The predicted octanol–water partition coefficient (Wildman–Crippen LogP) is 3.65. The number of carbonyl (C=O) groups excluding carboxylic acids is 2. The Morgan fingerprint density at radius 1 is 1.17 bits per heavy atom. The Hall–Kier alpha value is -3.00. The van der Waals surface area contributed by atoms with Crippen molar-refractivity contribution in [3.8, 4) is 17.1 Å². The van der Waals surface area contributed by atoms with E-state index in [-0.39, 0.29) is 17.8 Å². The molecule has 0 aromatic carbocycles. The van der Waals surface area contributed by atoms with E-state index in [4.69, 9.17) is 9.47 Å². The minimum Gasteiger partial charge on any atom is -0.481 e. The van der Waals surface area contributed by atoms with E-state index < -0.39 is 5.60 Å². The van der Waals surface area contributed by atoms with E-state index in [0.29, 0.717) is 43.0 Å². The first-order valence-corrected chi connectivity index (χ1v) is 12.7. The van der Waals surface area contributed by atoms with Crippen LogP contribution in [-0.4, -0.2) is 72.0 Å². The summed E-state index contributed by atoms with van der Waals surface area (Å²) in [5, 5.41) is 0. The number of amides is 1. The van der Waals surface area contributed by atoms with Gasteiger partial charge in [-0.15, -0.1) is 0 Å². The third-order valence-corrected chi connectivity index (χ3v) is 7.83. The molecule has 1 saturated heterocycles. The number of pyridine rings is 2. The molecule has 4 heterocycles. The van der Waals surface area contributed by atoms with Crippen molar-refractivity contribution in [2.75, 3.05) is 40.3 Å². The highest BCUT2D eigenvalue weighted by molar-refractivity contribution is 5.93. The summed E-state index contributed by atoms with van der Waals surface area (Å²) < 4.78 is 11.1. The number of methoxy groups -OCH3 is 1. The van der Waals surface area contributed by atoms with Crippen LogP contribution < -0.4 is 4.74 Å². The van der Waals surface area contributed by atoms with E-state index in [2.05, 4.69) is 14.9 Å². The van der Waals surface area contributed by atoms with Crippen molar-refractivity contribution in [1.82, 2.24) is 19.8 Å². The number of fused-ring (bicyclic) bond motifs is 2. The molecule has 8 heteroatoms. The van der Waals surface area contributed by atoms with E-state index in [9.17, 15) is 9.59 Å². The molecule has 2 aliphatic heterocycles. The van der Waals surface area contributed by atoms with E-state index in [1.165, 1.54) is 19.3 Å². The van der Waals surface area contributed by atoms with Gasteiger partial charge in [0.25, 0.3) is 0 Å². The van der Waals surface area contributed by atoms with Gasteiger partial charge in [0.2, 0.25) is 11.8 Å². The molecule has 1 amide bonds. The Labute approximate surface area is 206 Å². The van der Waals surface area contributed by atoms with Crippen molar-refractivity contribution < 1.29 is 19.1 Å². The molecule has 0 N–H and O–H groups in total. The minimum atomic E-state index is -0.667. The number of likely N-dealkylation sites (N-methyl/N-ethyl adjacent to an activating group) is 1. The highest BCUT2D eigenvalue weighted by Gasteiger charge is 2.49. The molecule has 2 aromatic heterocycles. The average molecular weight is 479 g/mol. The van der Waals surface area contributed by atoms with Gasteiger partial charge in [0.15, 0.2) is 5.69 Å². The molecule has 5 rings (SSSR count). The molecule has 0 radical (unpaired) electrons. The lowest BCUT2D eigenvalue weighted by Gasteiger charge is -2.37. The fourth-order valence-corrected chi connectivity index (χ4v) is 5.68. The van der Waals surface area contributed by atoms with Gasteiger partial charge in [0, 0.05) is 49.4 Å². The number of esters is 1. The van der Waals surface area contributed by atoms with E-state index in [0.717, 1.165) is 37.3 Å². The maximum atomic E-state index is 13.1. The number of rotatable bonds is 6. The van der Waals surface area contributed by atoms with E-state index in [1.807, 2.05) is 30.1 Å². The van der Waals surface area contributed by atoms with E-state index in [1.54, 1.807) is 19.4 Å². The first-order valence-electron chi connectivity index (χ1n) is 12.7. The molecule has 8 nitrogen and oxygen atoms in total. The van der Waals surface area contributed by atoms with Crippen LogP contribution in [0.5, 0.6) is 5.88 Å². The summed E-state index contributed by atoms with van der Waals surface area (Å²) in [7, 11) is 3.49. The van der Waals surface area contributed by atoms with Crippen LogP contribution in [0.15, 0.2) is 30.5 Å². The molecule has 2 fully saturated rings. The molecule has 0 atom stereocenters. The van der Waals surface area contributed by atoms with Gasteiger partial charge in [-0.05, 0) is 63.7 Å². The zero-order chi connectivity index (χ0) is 24.4. The van der Waals surface area contributed by atoms with Crippen LogP contribution in [0.4, 0.5) is 0 Å². The Morgan fingerprint density at radius 3 is 2.63 bits per heavy atom. The first kappa shape index (κ1) is 23.7. The quantitative estimate of drug-likeness (QED) is 0.586. The van der Waals surface area contributed by atoms with Crippen LogP contribution in [0.3, 0.4) is 0 Å². The zero-order valence-electron chi connectivity index (χ0n) is 20.7. The highest BCUT2D eigenvalue weighted by Crippen LogP contribution is 2.48. The number of hydrogen-bond donors (Lipinski definition) is 0. The van der Waals surface area contributed by atoms with Gasteiger partial charge >= 0.3 is 5.97 Å². The van der Waals surface area contributed by atoms with Crippen LogP contribution in [0.2, 0.25) is 0 Å². The van der Waals surface area contributed by atoms with Crippen LogP contribution in [-0.2, 0) is 15.1 Å². The third-order valence-electron chi connectivity index (χ3n) is 7.83. The summed E-state index contributed by atoms with van der Waals surface area (Å²) in [5.74, 6) is 0.331. The van der Waals surface area contributed by atoms with Gasteiger partial charge < -0.3 is 19.3 Å². The number of hydrogen-bond acceptors (Lipinski definition) is 7. The Bertz CT molecular complexity index is 1070. The summed E-state index contributed by atoms with van der Waals surface area (Å²) in [6, 6.07) is 7.51. The Morgan fingerprint density at radius 2 is 1.94 bits per heavy atom. The molecular weight excluding hydrogens is 444 g/mol. The van der Waals surface area contributed by atoms with Crippen molar-refractivity contribution in [2.24, 2.45) is 5.92 Å². The normalized spacial score (nSPS) is 24.2. The number of aromatic nitrogens is 2. The van der Waals surface area contributed by atoms with Crippen LogP contribution in [0.1, 0.15) is 61.0 Å². The highest BCUT2D eigenvalue weighted by atomic mass is 16.6. The first-order chi connectivity index (χ1) is 17.0. The molecule has 186 valence electrons. The second-order valence-corrected chi connectivity index (χ2v) is 10.0. The number of ether oxygens (including phenoxy) is 2. The maximum absolute atomic E-state index is 13.1. The summed E-state index contributed by atoms with van der Waals surface area (Å²) in [6.07, 6.45) is 8.24. The molecule has 0 bridgehead atoms. The summed E-state index contributed by atoms with van der Waals surface area (Å²) in [4.78, 5) is 39.1. The van der Waals surface area contributed by atoms with Crippen LogP contribution in [0, 0.1) is 5.92 Å². The standard InChI is InChI=1S/C27H34N4O4/c1-30(16-17-31-14-4-3-5-15-31)25(32)19-10-12-27(13-11-19)21-7-8-22(29-24(21)26(33)35-27)20-6-9-23(34-2)28-18-20/h6-9,18-19H,3-5,10-17H2,1-2H3. The number of nitrogens with zero attached hydrogens (tertiary/aromatic N) is 4. The van der Waals surface area contributed by atoms with Crippen molar-refractivity contribution in [3.05, 3.63) is 41.7 Å². The van der Waals surface area contributed by atoms with Crippen LogP contribution >= 0.6 is 0 Å². The van der Waals surface area contributed by atoms with Gasteiger partial charge in [-0.3, -0.25) is 4.79 Å². The lowest BCUT2D eigenvalue weighted by molar-refractivity contribution is -0.137. The van der Waals surface area contributed by atoms with Gasteiger partial charge in [-0.2, -0.15) is 0 Å². The molecule has 2 aromatic rings. The largest absolute Gasteiger partial charge is 0.481 e. The smallest absolute Gasteiger partial charge is 0.358 e. The number of likely N-dealkylation sites (tertiary alicyclic amines) is 1. The number of carbonyl (C=O) groups is 2. The molecule has 1 saturated carbocycles. The van der Waals surface area contributed by atoms with Crippen molar-refractivity contribution >= 4 is 11.9 Å². The molecule has 3 aliphatic rings. The summed E-state index contributed by atoms with van der Waals surface area (Å²) >= 11 is 0. The van der Waals surface area contributed by atoms with Gasteiger partial charge in [0.05, 0.1) is 12.8 Å². The van der Waals surface area contributed by atoms with Crippen molar-refractivity contribution in [2.45, 2.75) is 50.5 Å². The van der Waals surface area contributed by atoms with Gasteiger partial charge in [0.1, 0.15) is 5.60 Å². The Balaban J connectivity index is 1.23. The monoisotopic (exact) mass is 478 g/mol. The fourth-order valence-electron chi connectivity index (χ4n) is 5.68. The van der Waals surface area contributed by atoms with Gasteiger partial charge in [-0.1, -0.05) is 12.5 Å². The molecule has 0 unspecified atom stereocenters. The Kier molecular flexibility index (Phi) is 6.73. The molecule has 1 aliphatic carbocycles. The third kappa shape index (κ3) is 4.76.